The van der Waals surface area contributed by atoms with E-state index in [9.17, 15) is 9.50 Å². The Labute approximate surface area is 69.1 Å². The second-order valence-corrected chi connectivity index (χ2v) is 2.60. The van der Waals surface area contributed by atoms with Crippen LogP contribution >= 0.6 is 0 Å². The largest absolute Gasteiger partial charge is 0.286 e. The Morgan fingerprint density at radius 1 is 1.00 bits per heavy atom. The molecule has 2 aromatic rings. The first-order valence-electron chi connectivity index (χ1n) is 3.63. The number of rotatable bonds is 0. The summed E-state index contributed by atoms with van der Waals surface area (Å²) >= 11 is 0. The maximum atomic E-state index is 12.7. The molecule has 1 nitrogen and oxygen atoms in total. The van der Waals surface area contributed by atoms with E-state index in [1.54, 1.807) is 24.3 Å². The molecule has 2 aromatic carbocycles. The molecule has 0 saturated heterocycles. The average molecular weight is 161 g/mol. The van der Waals surface area contributed by atoms with Gasteiger partial charge in [-0.3, -0.25) is 5.11 Å². The van der Waals surface area contributed by atoms with Crippen molar-refractivity contribution in [1.82, 2.24) is 0 Å². The van der Waals surface area contributed by atoms with Gasteiger partial charge in [-0.2, -0.15) is 0 Å². The SMILES string of the molecule is [O]c1c(F)ccc2ccccc12. The number of hydrogen-bond donors (Lipinski definition) is 0. The molecular formula is C10H6FO. The van der Waals surface area contributed by atoms with Gasteiger partial charge in [-0.25, -0.2) is 4.39 Å². The number of halogens is 1. The van der Waals surface area contributed by atoms with Crippen molar-refractivity contribution in [1.29, 1.82) is 0 Å². The number of benzene rings is 2. The van der Waals surface area contributed by atoms with Crippen LogP contribution in [0.15, 0.2) is 36.4 Å². The van der Waals surface area contributed by atoms with Crippen molar-refractivity contribution in [3.8, 4) is 5.75 Å². The highest BCUT2D eigenvalue weighted by Crippen LogP contribution is 2.27. The van der Waals surface area contributed by atoms with Crippen LogP contribution < -0.4 is 0 Å². The van der Waals surface area contributed by atoms with Gasteiger partial charge in [0.1, 0.15) is 0 Å². The van der Waals surface area contributed by atoms with E-state index in [-0.39, 0.29) is 0 Å². The van der Waals surface area contributed by atoms with Crippen molar-refractivity contribution in [2.75, 3.05) is 0 Å². The molecule has 0 heterocycles. The van der Waals surface area contributed by atoms with Gasteiger partial charge in [-0.05, 0) is 11.5 Å². The van der Waals surface area contributed by atoms with Gasteiger partial charge in [0, 0.05) is 5.39 Å². The van der Waals surface area contributed by atoms with Crippen molar-refractivity contribution in [3.63, 3.8) is 0 Å². The van der Waals surface area contributed by atoms with Crippen LogP contribution in [0.25, 0.3) is 10.8 Å². The van der Waals surface area contributed by atoms with Crippen molar-refractivity contribution in [3.05, 3.63) is 42.2 Å². The molecule has 0 N–H and O–H groups in total. The summed E-state index contributed by atoms with van der Waals surface area (Å²) in [6.07, 6.45) is 0. The molecule has 0 atom stereocenters. The Kier molecular flexibility index (Phi) is 1.47. The summed E-state index contributed by atoms with van der Waals surface area (Å²) in [7, 11) is 0. The Hall–Kier alpha value is -1.57. The van der Waals surface area contributed by atoms with Gasteiger partial charge in [0.2, 0.25) is 5.75 Å². The van der Waals surface area contributed by atoms with Crippen molar-refractivity contribution < 1.29 is 9.50 Å². The Morgan fingerprint density at radius 3 is 2.58 bits per heavy atom. The molecule has 0 unspecified atom stereocenters. The summed E-state index contributed by atoms with van der Waals surface area (Å²) in [4.78, 5) is 0. The molecule has 0 fully saturated rings. The average Bonchev–Trinajstić information content (AvgIpc) is 2.12. The summed E-state index contributed by atoms with van der Waals surface area (Å²) in [6, 6.07) is 9.76. The summed E-state index contributed by atoms with van der Waals surface area (Å²) in [6.45, 7) is 0. The first-order chi connectivity index (χ1) is 5.79. The van der Waals surface area contributed by atoms with E-state index in [2.05, 4.69) is 0 Å². The van der Waals surface area contributed by atoms with E-state index in [1.165, 1.54) is 6.07 Å². The fraction of sp³-hybridized carbons (Fsp3) is 0. The molecule has 1 radical (unpaired) electrons. The van der Waals surface area contributed by atoms with Crippen LogP contribution in [0.5, 0.6) is 5.75 Å². The van der Waals surface area contributed by atoms with E-state index >= 15 is 0 Å². The maximum absolute atomic E-state index is 12.7. The summed E-state index contributed by atoms with van der Waals surface area (Å²) in [5, 5.41) is 12.4. The molecule has 0 aliphatic heterocycles. The third-order valence-electron chi connectivity index (χ3n) is 1.83. The lowest BCUT2D eigenvalue weighted by Gasteiger charge is -1.97. The molecule has 0 amide bonds. The van der Waals surface area contributed by atoms with E-state index < -0.39 is 11.6 Å². The smallest absolute Gasteiger partial charge is 0.221 e. The quantitative estimate of drug-likeness (QED) is 0.565. The minimum Gasteiger partial charge on any atom is -0.286 e. The highest BCUT2D eigenvalue weighted by atomic mass is 19.1. The van der Waals surface area contributed by atoms with Gasteiger partial charge in [-0.15, -0.1) is 0 Å². The molecule has 0 aromatic heterocycles. The van der Waals surface area contributed by atoms with E-state index in [1.807, 2.05) is 6.07 Å². The number of fused-ring (bicyclic) bond motifs is 1. The highest BCUT2D eigenvalue weighted by Gasteiger charge is 2.05. The maximum Gasteiger partial charge on any atom is 0.221 e. The van der Waals surface area contributed by atoms with Crippen molar-refractivity contribution >= 4 is 10.8 Å². The summed E-state index contributed by atoms with van der Waals surface area (Å²) < 4.78 is 12.7. The van der Waals surface area contributed by atoms with E-state index in [0.717, 1.165) is 5.39 Å². The number of hydrogen-bond acceptors (Lipinski definition) is 0. The molecule has 0 bridgehead atoms. The third kappa shape index (κ3) is 0.925. The van der Waals surface area contributed by atoms with Gasteiger partial charge in [-0.1, -0.05) is 30.3 Å². The van der Waals surface area contributed by atoms with Gasteiger partial charge in [0.25, 0.3) is 0 Å². The van der Waals surface area contributed by atoms with Crippen LogP contribution in [-0.2, 0) is 5.11 Å². The molecule has 59 valence electrons. The van der Waals surface area contributed by atoms with Gasteiger partial charge >= 0.3 is 0 Å². The van der Waals surface area contributed by atoms with Crippen LogP contribution in [0.1, 0.15) is 0 Å². The first kappa shape index (κ1) is 7.10. The first-order valence-corrected chi connectivity index (χ1v) is 3.63. The van der Waals surface area contributed by atoms with Crippen LogP contribution in [0.2, 0.25) is 0 Å². The standard InChI is InChI=1S/C10H6FO/c11-9-6-5-7-3-1-2-4-8(7)10(9)12/h1-6H. The monoisotopic (exact) mass is 161 g/mol. The fourth-order valence-electron chi connectivity index (χ4n) is 1.22. The molecule has 2 heteroatoms. The van der Waals surface area contributed by atoms with E-state index in [0.29, 0.717) is 5.39 Å². The molecule has 0 saturated carbocycles. The minimum absolute atomic E-state index is 0.442. The zero-order valence-corrected chi connectivity index (χ0v) is 6.25. The lowest BCUT2D eigenvalue weighted by atomic mass is 10.1. The molecule has 0 spiro atoms. The second-order valence-electron chi connectivity index (χ2n) is 2.60. The fourth-order valence-corrected chi connectivity index (χ4v) is 1.22. The Balaban J connectivity index is 2.91. The van der Waals surface area contributed by atoms with Crippen molar-refractivity contribution in [2.45, 2.75) is 0 Å². The lowest BCUT2D eigenvalue weighted by molar-refractivity contribution is 0.335. The summed E-state index contributed by atoms with van der Waals surface area (Å²) in [5.74, 6) is -1.21. The van der Waals surface area contributed by atoms with Crippen LogP contribution in [0, 0.1) is 5.82 Å². The van der Waals surface area contributed by atoms with Crippen LogP contribution in [0.4, 0.5) is 4.39 Å². The zero-order valence-electron chi connectivity index (χ0n) is 6.25. The van der Waals surface area contributed by atoms with E-state index in [4.69, 9.17) is 0 Å². The van der Waals surface area contributed by atoms with Gasteiger partial charge in [0.15, 0.2) is 5.82 Å². The summed E-state index contributed by atoms with van der Waals surface area (Å²) in [5.41, 5.74) is 0. The predicted octanol–water partition coefficient (Wildman–Crippen LogP) is 3.12. The molecule has 0 aliphatic carbocycles. The molecular weight excluding hydrogens is 155 g/mol. The zero-order chi connectivity index (χ0) is 8.55. The van der Waals surface area contributed by atoms with Crippen molar-refractivity contribution in [2.24, 2.45) is 0 Å². The van der Waals surface area contributed by atoms with Gasteiger partial charge in [0.05, 0.1) is 0 Å². The van der Waals surface area contributed by atoms with Gasteiger partial charge < -0.3 is 0 Å². The normalized spacial score (nSPS) is 10.4. The lowest BCUT2D eigenvalue weighted by Crippen LogP contribution is -1.77. The molecule has 2 rings (SSSR count). The molecule has 12 heavy (non-hydrogen) atoms. The second kappa shape index (κ2) is 2.48. The van der Waals surface area contributed by atoms with Crippen LogP contribution in [0.3, 0.4) is 0 Å². The van der Waals surface area contributed by atoms with Crippen LogP contribution in [-0.4, -0.2) is 0 Å². The molecule has 0 aliphatic rings. The topological polar surface area (TPSA) is 19.9 Å². The third-order valence-corrected chi connectivity index (χ3v) is 1.83. The predicted molar refractivity (Wildman–Crippen MR) is 44.0 cm³/mol. The Morgan fingerprint density at radius 2 is 1.75 bits per heavy atom. The Bertz CT molecular complexity index is 423. The minimum atomic E-state index is -0.686. The highest BCUT2D eigenvalue weighted by molar-refractivity contribution is 5.87.